The van der Waals surface area contributed by atoms with Crippen molar-refractivity contribution < 1.29 is 10.2 Å². The van der Waals surface area contributed by atoms with Crippen molar-refractivity contribution in [2.75, 3.05) is 46.4 Å². The maximum atomic E-state index is 9.53. The van der Waals surface area contributed by atoms with Gasteiger partial charge < -0.3 is 20.0 Å². The van der Waals surface area contributed by atoms with Gasteiger partial charge in [-0.2, -0.15) is 0 Å². The smallest absolute Gasteiger partial charge is 0.115 e. The molecule has 1 atom stereocenters. The highest BCUT2D eigenvalue weighted by molar-refractivity contribution is 5.30. The minimum Gasteiger partial charge on any atom is -0.508 e. The van der Waals surface area contributed by atoms with Gasteiger partial charge in [-0.15, -0.1) is 0 Å². The lowest BCUT2D eigenvalue weighted by Crippen LogP contribution is -2.46. The first-order chi connectivity index (χ1) is 8.69. The average molecular weight is 250 g/mol. The summed E-state index contributed by atoms with van der Waals surface area (Å²) in [7, 11) is 2.14. The normalized spacial score (nSPS) is 19.9. The molecule has 4 nitrogen and oxygen atoms in total. The number of hydrogen-bond acceptors (Lipinski definition) is 4. The Bertz CT molecular complexity index is 376. The second kappa shape index (κ2) is 6.18. The van der Waals surface area contributed by atoms with Gasteiger partial charge in [0.15, 0.2) is 0 Å². The molecule has 1 aliphatic heterocycles. The van der Waals surface area contributed by atoms with Gasteiger partial charge >= 0.3 is 0 Å². The van der Waals surface area contributed by atoms with Crippen LogP contribution in [0.5, 0.6) is 5.75 Å². The van der Waals surface area contributed by atoms with Gasteiger partial charge in [-0.3, -0.25) is 0 Å². The Kier molecular flexibility index (Phi) is 4.58. The molecule has 100 valence electrons. The summed E-state index contributed by atoms with van der Waals surface area (Å²) in [5.41, 5.74) is 1.01. The SMILES string of the molecule is CN1CCN(CC(CO)c2cccc(O)c2)CC1. The van der Waals surface area contributed by atoms with Crippen LogP contribution in [0.4, 0.5) is 0 Å². The second-order valence-electron chi connectivity index (χ2n) is 5.08. The molecule has 0 amide bonds. The number of piperazine rings is 1. The molecule has 0 bridgehead atoms. The van der Waals surface area contributed by atoms with Gasteiger partial charge in [0.05, 0.1) is 6.61 Å². The van der Waals surface area contributed by atoms with E-state index in [1.165, 1.54) is 0 Å². The van der Waals surface area contributed by atoms with E-state index in [0.717, 1.165) is 38.3 Å². The number of hydrogen-bond donors (Lipinski definition) is 2. The van der Waals surface area contributed by atoms with Crippen LogP contribution in [0.25, 0.3) is 0 Å². The van der Waals surface area contributed by atoms with Crippen LogP contribution in [0.1, 0.15) is 11.5 Å². The molecular formula is C14H22N2O2. The lowest BCUT2D eigenvalue weighted by molar-refractivity contribution is 0.133. The number of phenolic OH excluding ortho intramolecular Hbond substituents is 1. The molecule has 4 heteroatoms. The molecule has 2 rings (SSSR count). The van der Waals surface area contributed by atoms with Crippen LogP contribution in [0.3, 0.4) is 0 Å². The quantitative estimate of drug-likeness (QED) is 0.826. The molecule has 1 heterocycles. The van der Waals surface area contributed by atoms with Crippen molar-refractivity contribution in [2.45, 2.75) is 5.92 Å². The molecule has 1 aliphatic rings. The monoisotopic (exact) mass is 250 g/mol. The first-order valence-corrected chi connectivity index (χ1v) is 6.49. The van der Waals surface area contributed by atoms with Crippen molar-refractivity contribution in [3.63, 3.8) is 0 Å². The van der Waals surface area contributed by atoms with Gasteiger partial charge in [0, 0.05) is 38.6 Å². The second-order valence-corrected chi connectivity index (χ2v) is 5.08. The zero-order valence-electron chi connectivity index (χ0n) is 10.9. The molecule has 1 aromatic rings. The van der Waals surface area contributed by atoms with Gasteiger partial charge in [0.1, 0.15) is 5.75 Å². The number of aliphatic hydroxyl groups excluding tert-OH is 1. The van der Waals surface area contributed by atoms with Crippen LogP contribution in [-0.2, 0) is 0 Å². The van der Waals surface area contributed by atoms with Crippen LogP contribution in [0.2, 0.25) is 0 Å². The van der Waals surface area contributed by atoms with E-state index in [-0.39, 0.29) is 18.3 Å². The molecular weight excluding hydrogens is 228 g/mol. The summed E-state index contributed by atoms with van der Waals surface area (Å²) >= 11 is 0. The largest absolute Gasteiger partial charge is 0.508 e. The van der Waals surface area contributed by atoms with Crippen molar-refractivity contribution in [1.82, 2.24) is 9.80 Å². The van der Waals surface area contributed by atoms with Gasteiger partial charge in [-0.05, 0) is 24.7 Å². The molecule has 1 fully saturated rings. The third-order valence-electron chi connectivity index (χ3n) is 3.64. The third kappa shape index (κ3) is 3.45. The Labute approximate surface area is 108 Å². The van der Waals surface area contributed by atoms with Gasteiger partial charge in [0.25, 0.3) is 0 Å². The molecule has 1 saturated heterocycles. The molecule has 0 aliphatic carbocycles. The van der Waals surface area contributed by atoms with Crippen LogP contribution in [0.15, 0.2) is 24.3 Å². The van der Waals surface area contributed by atoms with Gasteiger partial charge in [0.2, 0.25) is 0 Å². The molecule has 0 aromatic heterocycles. The van der Waals surface area contributed by atoms with Gasteiger partial charge in [-0.1, -0.05) is 12.1 Å². The number of aliphatic hydroxyl groups is 1. The maximum Gasteiger partial charge on any atom is 0.115 e. The lowest BCUT2D eigenvalue weighted by Gasteiger charge is -2.34. The summed E-state index contributed by atoms with van der Waals surface area (Å²) in [6.07, 6.45) is 0. The summed E-state index contributed by atoms with van der Waals surface area (Å²) in [5, 5.41) is 19.0. The summed E-state index contributed by atoms with van der Waals surface area (Å²) in [5.74, 6) is 0.352. The highest BCUT2D eigenvalue weighted by Gasteiger charge is 2.19. The number of nitrogens with zero attached hydrogens (tertiary/aromatic N) is 2. The summed E-state index contributed by atoms with van der Waals surface area (Å²) < 4.78 is 0. The van der Waals surface area contributed by atoms with Crippen LogP contribution < -0.4 is 0 Å². The van der Waals surface area contributed by atoms with Crippen molar-refractivity contribution in [2.24, 2.45) is 0 Å². The third-order valence-corrected chi connectivity index (χ3v) is 3.64. The van der Waals surface area contributed by atoms with Crippen molar-refractivity contribution in [3.05, 3.63) is 29.8 Å². The molecule has 18 heavy (non-hydrogen) atoms. The first-order valence-electron chi connectivity index (χ1n) is 6.49. The molecule has 0 saturated carbocycles. The number of phenols is 1. The summed E-state index contributed by atoms with van der Waals surface area (Å²) in [4.78, 5) is 4.70. The van der Waals surface area contributed by atoms with E-state index in [2.05, 4.69) is 16.8 Å². The number of rotatable bonds is 4. The molecule has 1 aromatic carbocycles. The fraction of sp³-hybridized carbons (Fsp3) is 0.571. The van der Waals surface area contributed by atoms with Crippen LogP contribution >= 0.6 is 0 Å². The maximum absolute atomic E-state index is 9.53. The van der Waals surface area contributed by atoms with Crippen molar-refractivity contribution in [1.29, 1.82) is 0 Å². The van der Waals surface area contributed by atoms with E-state index in [9.17, 15) is 10.2 Å². The predicted molar refractivity (Wildman–Crippen MR) is 71.9 cm³/mol. The Morgan fingerprint density at radius 3 is 2.56 bits per heavy atom. The average Bonchev–Trinajstić information content (AvgIpc) is 2.38. The Hall–Kier alpha value is -1.10. The molecule has 0 radical (unpaired) electrons. The van der Waals surface area contributed by atoms with Crippen LogP contribution in [0, 0.1) is 0 Å². The van der Waals surface area contributed by atoms with E-state index < -0.39 is 0 Å². The van der Waals surface area contributed by atoms with Crippen molar-refractivity contribution >= 4 is 0 Å². The standard InChI is InChI=1S/C14H22N2O2/c1-15-5-7-16(8-6-15)10-13(11-17)12-3-2-4-14(18)9-12/h2-4,9,13,17-18H,5-8,10-11H2,1H3. The minimum atomic E-state index is 0.0838. The Morgan fingerprint density at radius 2 is 1.94 bits per heavy atom. The van der Waals surface area contributed by atoms with E-state index >= 15 is 0 Å². The minimum absolute atomic E-state index is 0.0838. The van der Waals surface area contributed by atoms with E-state index in [1.54, 1.807) is 12.1 Å². The number of likely N-dealkylation sites (N-methyl/N-ethyl adjacent to an activating group) is 1. The highest BCUT2D eigenvalue weighted by Crippen LogP contribution is 2.21. The fourth-order valence-corrected chi connectivity index (χ4v) is 2.39. The fourth-order valence-electron chi connectivity index (χ4n) is 2.39. The number of aromatic hydroxyl groups is 1. The molecule has 1 unspecified atom stereocenters. The van der Waals surface area contributed by atoms with E-state index in [0.29, 0.717) is 0 Å². The highest BCUT2D eigenvalue weighted by atomic mass is 16.3. The zero-order chi connectivity index (χ0) is 13.0. The predicted octanol–water partition coefficient (Wildman–Crippen LogP) is 0.715. The molecule has 0 spiro atoms. The molecule has 2 N–H and O–H groups in total. The zero-order valence-corrected chi connectivity index (χ0v) is 10.9. The Balaban J connectivity index is 1.97. The van der Waals surface area contributed by atoms with Crippen molar-refractivity contribution in [3.8, 4) is 5.75 Å². The van der Waals surface area contributed by atoms with E-state index in [4.69, 9.17) is 0 Å². The summed E-state index contributed by atoms with van der Waals surface area (Å²) in [6.45, 7) is 5.23. The lowest BCUT2D eigenvalue weighted by atomic mass is 9.99. The van der Waals surface area contributed by atoms with E-state index in [1.807, 2.05) is 12.1 Å². The first kappa shape index (κ1) is 13.3. The summed E-state index contributed by atoms with van der Waals surface area (Å²) in [6, 6.07) is 7.21. The number of benzene rings is 1. The topological polar surface area (TPSA) is 46.9 Å². The van der Waals surface area contributed by atoms with Crippen LogP contribution in [-0.4, -0.2) is 66.4 Å². The Morgan fingerprint density at radius 1 is 1.22 bits per heavy atom. The van der Waals surface area contributed by atoms with Gasteiger partial charge in [-0.25, -0.2) is 0 Å².